The van der Waals surface area contributed by atoms with E-state index < -0.39 is 0 Å². The van der Waals surface area contributed by atoms with Crippen LogP contribution in [0.3, 0.4) is 0 Å². The average Bonchev–Trinajstić information content (AvgIpc) is 2.69. The van der Waals surface area contributed by atoms with Gasteiger partial charge in [-0.25, -0.2) is 4.98 Å². The minimum absolute atomic E-state index is 0.133. The molecule has 0 bridgehead atoms. The molecule has 0 atom stereocenters. The second-order valence-electron chi connectivity index (χ2n) is 6.53. The van der Waals surface area contributed by atoms with Crippen molar-refractivity contribution in [3.8, 4) is 0 Å². The number of rotatable bonds is 7. The molecule has 1 aromatic heterocycles. The minimum atomic E-state index is -0.133. The molecule has 1 aliphatic rings. The Labute approximate surface area is 159 Å². The van der Waals surface area contributed by atoms with Crippen molar-refractivity contribution in [2.45, 2.75) is 38.6 Å². The maximum absolute atomic E-state index is 12.2. The lowest BCUT2D eigenvalue weighted by Gasteiger charge is -2.13. The fourth-order valence-corrected chi connectivity index (χ4v) is 3.13. The van der Waals surface area contributed by atoms with Crippen molar-refractivity contribution in [3.05, 3.63) is 70.4 Å². The monoisotopic (exact) mass is 369 g/mol. The number of allylic oxidation sites excluding steroid dienone is 1. The molecule has 4 nitrogen and oxygen atoms in total. The van der Waals surface area contributed by atoms with Gasteiger partial charge in [0.1, 0.15) is 5.82 Å². The summed E-state index contributed by atoms with van der Waals surface area (Å²) in [6.07, 6.45) is 10.1. The Bertz CT molecular complexity index is 754. The van der Waals surface area contributed by atoms with Crippen molar-refractivity contribution in [1.29, 1.82) is 0 Å². The number of hydrogen-bond acceptors (Lipinski definition) is 3. The number of aromatic nitrogens is 1. The third-order valence-electron chi connectivity index (χ3n) is 4.53. The van der Waals surface area contributed by atoms with Crippen LogP contribution in [0.4, 0.5) is 5.82 Å². The molecule has 1 amide bonds. The third kappa shape index (κ3) is 5.60. The number of carbonyl (C=O) groups excluding carboxylic acids is 1. The SMILES string of the molecule is O=C(NCc1ccc(Cl)cc1)c1ccc(NCCC2=CCCCC2)nc1. The highest BCUT2D eigenvalue weighted by atomic mass is 35.5. The zero-order valence-corrected chi connectivity index (χ0v) is 15.6. The Morgan fingerprint density at radius 1 is 1.12 bits per heavy atom. The Morgan fingerprint density at radius 2 is 1.96 bits per heavy atom. The van der Waals surface area contributed by atoms with Crippen molar-refractivity contribution >= 4 is 23.3 Å². The zero-order valence-electron chi connectivity index (χ0n) is 14.8. The molecule has 136 valence electrons. The largest absolute Gasteiger partial charge is 0.370 e. The Balaban J connectivity index is 1.44. The van der Waals surface area contributed by atoms with Crippen LogP contribution in [0.15, 0.2) is 54.2 Å². The van der Waals surface area contributed by atoms with Crippen molar-refractivity contribution < 1.29 is 4.79 Å². The van der Waals surface area contributed by atoms with E-state index in [0.29, 0.717) is 17.1 Å². The molecule has 5 heteroatoms. The van der Waals surface area contributed by atoms with Crippen LogP contribution in [-0.4, -0.2) is 17.4 Å². The molecular weight excluding hydrogens is 346 g/mol. The molecule has 0 aliphatic heterocycles. The second-order valence-corrected chi connectivity index (χ2v) is 6.96. The van der Waals surface area contributed by atoms with Gasteiger partial charge in [-0.05, 0) is 61.9 Å². The van der Waals surface area contributed by atoms with Gasteiger partial charge in [0.2, 0.25) is 0 Å². The van der Waals surface area contributed by atoms with E-state index in [-0.39, 0.29) is 5.91 Å². The van der Waals surface area contributed by atoms with Crippen LogP contribution in [0.25, 0.3) is 0 Å². The number of benzene rings is 1. The summed E-state index contributed by atoms with van der Waals surface area (Å²) in [5, 5.41) is 6.90. The first-order valence-electron chi connectivity index (χ1n) is 9.11. The van der Waals surface area contributed by atoms with E-state index in [1.165, 1.54) is 25.7 Å². The molecule has 2 aromatic rings. The predicted molar refractivity (Wildman–Crippen MR) is 107 cm³/mol. The van der Waals surface area contributed by atoms with Crippen LogP contribution in [-0.2, 0) is 6.54 Å². The lowest BCUT2D eigenvalue weighted by molar-refractivity contribution is 0.0950. The summed E-state index contributed by atoms with van der Waals surface area (Å²) in [7, 11) is 0. The lowest BCUT2D eigenvalue weighted by atomic mass is 9.97. The first kappa shape index (κ1) is 18.5. The minimum Gasteiger partial charge on any atom is -0.370 e. The van der Waals surface area contributed by atoms with Crippen LogP contribution in [0.1, 0.15) is 48.0 Å². The van der Waals surface area contributed by atoms with Gasteiger partial charge in [-0.1, -0.05) is 35.4 Å². The van der Waals surface area contributed by atoms with Gasteiger partial charge in [0.15, 0.2) is 0 Å². The van der Waals surface area contributed by atoms with Gasteiger partial charge >= 0.3 is 0 Å². The number of anilines is 1. The molecule has 1 heterocycles. The summed E-state index contributed by atoms with van der Waals surface area (Å²) >= 11 is 5.86. The number of pyridine rings is 1. The van der Waals surface area contributed by atoms with Crippen molar-refractivity contribution in [1.82, 2.24) is 10.3 Å². The normalized spacial score (nSPS) is 13.8. The molecule has 2 N–H and O–H groups in total. The van der Waals surface area contributed by atoms with E-state index in [9.17, 15) is 4.79 Å². The molecule has 0 radical (unpaired) electrons. The molecule has 0 saturated heterocycles. The number of halogens is 1. The smallest absolute Gasteiger partial charge is 0.253 e. The van der Waals surface area contributed by atoms with Crippen LogP contribution < -0.4 is 10.6 Å². The molecule has 0 saturated carbocycles. The Hall–Kier alpha value is -2.33. The maximum atomic E-state index is 12.2. The van der Waals surface area contributed by atoms with Gasteiger partial charge in [-0.3, -0.25) is 4.79 Å². The molecule has 3 rings (SSSR count). The number of nitrogens with one attached hydrogen (secondary N) is 2. The molecule has 26 heavy (non-hydrogen) atoms. The molecule has 0 spiro atoms. The Kier molecular flexibility index (Phi) is 6.67. The first-order valence-corrected chi connectivity index (χ1v) is 9.49. The fourth-order valence-electron chi connectivity index (χ4n) is 3.00. The molecular formula is C21H24ClN3O. The third-order valence-corrected chi connectivity index (χ3v) is 4.78. The van der Waals surface area contributed by atoms with E-state index in [1.807, 2.05) is 30.3 Å². The van der Waals surface area contributed by atoms with E-state index >= 15 is 0 Å². The summed E-state index contributed by atoms with van der Waals surface area (Å²) < 4.78 is 0. The van der Waals surface area contributed by atoms with Crippen LogP contribution in [0, 0.1) is 0 Å². The van der Waals surface area contributed by atoms with Gasteiger partial charge in [0.05, 0.1) is 5.56 Å². The van der Waals surface area contributed by atoms with Crippen molar-refractivity contribution in [2.75, 3.05) is 11.9 Å². The molecule has 1 aromatic carbocycles. The average molecular weight is 370 g/mol. The predicted octanol–water partition coefficient (Wildman–Crippen LogP) is 4.97. The topological polar surface area (TPSA) is 54.0 Å². The van der Waals surface area contributed by atoms with Gasteiger partial charge in [0.25, 0.3) is 5.91 Å². The molecule has 0 unspecified atom stereocenters. The maximum Gasteiger partial charge on any atom is 0.253 e. The number of amides is 1. The summed E-state index contributed by atoms with van der Waals surface area (Å²) in [4.78, 5) is 16.6. The number of nitrogens with zero attached hydrogens (tertiary/aromatic N) is 1. The lowest BCUT2D eigenvalue weighted by Crippen LogP contribution is -2.22. The fraction of sp³-hybridized carbons (Fsp3) is 0.333. The highest BCUT2D eigenvalue weighted by Gasteiger charge is 2.07. The van der Waals surface area contributed by atoms with Gasteiger partial charge in [-0.2, -0.15) is 0 Å². The summed E-state index contributed by atoms with van der Waals surface area (Å²) in [5.74, 6) is 0.669. The highest BCUT2D eigenvalue weighted by Crippen LogP contribution is 2.20. The zero-order chi connectivity index (χ0) is 18.2. The van der Waals surface area contributed by atoms with E-state index in [4.69, 9.17) is 11.6 Å². The van der Waals surface area contributed by atoms with Gasteiger partial charge in [-0.15, -0.1) is 0 Å². The summed E-state index contributed by atoms with van der Waals surface area (Å²) in [6.45, 7) is 1.34. The quantitative estimate of drug-likeness (QED) is 0.677. The number of carbonyl (C=O) groups is 1. The van der Waals surface area contributed by atoms with Crippen LogP contribution in [0.5, 0.6) is 0 Å². The van der Waals surface area contributed by atoms with E-state index in [1.54, 1.807) is 17.8 Å². The first-order chi connectivity index (χ1) is 12.7. The standard InChI is InChI=1S/C21H24ClN3O/c22-19-9-6-17(7-10-19)14-25-21(26)18-8-11-20(24-15-18)23-13-12-16-4-2-1-3-5-16/h4,6-11,15H,1-3,5,12-14H2,(H,23,24)(H,25,26). The number of hydrogen-bond donors (Lipinski definition) is 2. The highest BCUT2D eigenvalue weighted by molar-refractivity contribution is 6.30. The summed E-state index contributed by atoms with van der Waals surface area (Å²) in [5.41, 5.74) is 3.10. The Morgan fingerprint density at radius 3 is 2.65 bits per heavy atom. The van der Waals surface area contributed by atoms with E-state index in [2.05, 4.69) is 21.7 Å². The molecule has 1 aliphatic carbocycles. The summed E-state index contributed by atoms with van der Waals surface area (Å²) in [6, 6.07) is 11.1. The van der Waals surface area contributed by atoms with Crippen LogP contribution in [0.2, 0.25) is 5.02 Å². The van der Waals surface area contributed by atoms with E-state index in [0.717, 1.165) is 24.3 Å². The van der Waals surface area contributed by atoms with Crippen molar-refractivity contribution in [3.63, 3.8) is 0 Å². The van der Waals surface area contributed by atoms with Crippen molar-refractivity contribution in [2.24, 2.45) is 0 Å². The second kappa shape index (κ2) is 9.39. The van der Waals surface area contributed by atoms with Crippen LogP contribution >= 0.6 is 11.6 Å². The van der Waals surface area contributed by atoms with Gasteiger partial charge in [0, 0.05) is 24.3 Å². The van der Waals surface area contributed by atoms with Gasteiger partial charge < -0.3 is 10.6 Å². The molecule has 0 fully saturated rings.